The van der Waals surface area contributed by atoms with E-state index in [1.165, 1.54) is 5.56 Å². The van der Waals surface area contributed by atoms with Crippen LogP contribution in [0, 0.1) is 5.92 Å². The molecule has 3 rings (SSSR count). The van der Waals surface area contributed by atoms with Crippen LogP contribution in [0.1, 0.15) is 30.5 Å². The highest BCUT2D eigenvalue weighted by Crippen LogP contribution is 2.24. The lowest BCUT2D eigenvalue weighted by Gasteiger charge is -2.33. The summed E-state index contributed by atoms with van der Waals surface area (Å²) in [6, 6.07) is 14.8. The number of benzene rings is 2. The van der Waals surface area contributed by atoms with Crippen LogP contribution in [-0.2, 0) is 29.1 Å². The minimum absolute atomic E-state index is 0.0570. The molecule has 0 saturated carbocycles. The molecule has 1 atom stereocenters. The second-order valence-electron chi connectivity index (χ2n) is 7.57. The Balaban J connectivity index is 1.62. The number of fused-ring (bicyclic) bond motifs is 1. The van der Waals surface area contributed by atoms with Crippen LogP contribution in [0.3, 0.4) is 0 Å². The number of carbonyl (C=O) groups is 2. The SMILES string of the molecule is COc1ccc2c(c1)CN(C(=O)[C@@H](NC(=O)OCc1ccccc1)C(C)C)CC2. The Morgan fingerprint density at radius 1 is 1.10 bits per heavy atom. The number of alkyl carbamates (subject to hydrolysis) is 1. The summed E-state index contributed by atoms with van der Waals surface area (Å²) in [7, 11) is 1.63. The molecular weight excluding hydrogens is 368 g/mol. The van der Waals surface area contributed by atoms with Crippen molar-refractivity contribution < 1.29 is 19.1 Å². The molecule has 1 aliphatic heterocycles. The van der Waals surface area contributed by atoms with Crippen LogP contribution < -0.4 is 10.1 Å². The van der Waals surface area contributed by atoms with E-state index in [2.05, 4.69) is 11.4 Å². The maximum absolute atomic E-state index is 13.1. The molecule has 6 heteroatoms. The van der Waals surface area contributed by atoms with Crippen molar-refractivity contribution in [3.05, 3.63) is 65.2 Å². The fraction of sp³-hybridized carbons (Fsp3) is 0.391. The summed E-state index contributed by atoms with van der Waals surface area (Å²) < 4.78 is 10.6. The lowest BCUT2D eigenvalue weighted by Crippen LogP contribution is -2.52. The molecule has 0 fully saturated rings. The number of nitrogens with zero attached hydrogens (tertiary/aromatic N) is 1. The molecule has 0 bridgehead atoms. The summed E-state index contributed by atoms with van der Waals surface area (Å²) >= 11 is 0. The normalized spacial score (nSPS) is 14.1. The van der Waals surface area contributed by atoms with Crippen molar-refractivity contribution in [2.24, 2.45) is 5.92 Å². The third kappa shape index (κ3) is 5.28. The lowest BCUT2D eigenvalue weighted by atomic mass is 9.97. The molecule has 0 unspecified atom stereocenters. The fourth-order valence-electron chi connectivity index (χ4n) is 3.45. The van der Waals surface area contributed by atoms with Crippen LogP contribution in [0.25, 0.3) is 0 Å². The average molecular weight is 396 g/mol. The number of nitrogens with one attached hydrogen (secondary N) is 1. The molecule has 1 aliphatic rings. The zero-order valence-corrected chi connectivity index (χ0v) is 17.2. The maximum atomic E-state index is 13.1. The number of rotatable bonds is 6. The smallest absolute Gasteiger partial charge is 0.408 e. The zero-order chi connectivity index (χ0) is 20.8. The molecule has 0 saturated heterocycles. The zero-order valence-electron chi connectivity index (χ0n) is 17.2. The van der Waals surface area contributed by atoms with Crippen LogP contribution in [-0.4, -0.2) is 36.6 Å². The fourth-order valence-corrected chi connectivity index (χ4v) is 3.45. The van der Waals surface area contributed by atoms with Gasteiger partial charge in [0.15, 0.2) is 0 Å². The Hall–Kier alpha value is -3.02. The van der Waals surface area contributed by atoms with Gasteiger partial charge >= 0.3 is 6.09 Å². The molecule has 0 aromatic heterocycles. The van der Waals surface area contributed by atoms with Crippen LogP contribution in [0.4, 0.5) is 4.79 Å². The van der Waals surface area contributed by atoms with Crippen LogP contribution in [0.15, 0.2) is 48.5 Å². The molecule has 2 aromatic rings. The van der Waals surface area contributed by atoms with E-state index in [4.69, 9.17) is 9.47 Å². The summed E-state index contributed by atoms with van der Waals surface area (Å²) in [5.74, 6) is 0.629. The first kappa shape index (κ1) is 20.7. The largest absolute Gasteiger partial charge is 0.497 e. The van der Waals surface area contributed by atoms with Gasteiger partial charge in [-0.15, -0.1) is 0 Å². The van der Waals surface area contributed by atoms with Gasteiger partial charge in [0.05, 0.1) is 7.11 Å². The predicted octanol–water partition coefficient (Wildman–Crippen LogP) is 3.53. The van der Waals surface area contributed by atoms with Gasteiger partial charge in [0, 0.05) is 13.1 Å². The van der Waals surface area contributed by atoms with Crippen molar-refractivity contribution >= 4 is 12.0 Å². The summed E-state index contributed by atoms with van der Waals surface area (Å²) in [5, 5.41) is 2.75. The predicted molar refractivity (Wildman–Crippen MR) is 111 cm³/mol. The number of carbonyl (C=O) groups excluding carboxylic acids is 2. The van der Waals surface area contributed by atoms with Crippen molar-refractivity contribution in [2.45, 2.75) is 39.5 Å². The van der Waals surface area contributed by atoms with E-state index >= 15 is 0 Å². The van der Waals surface area contributed by atoms with Gasteiger partial charge in [0.25, 0.3) is 0 Å². The monoisotopic (exact) mass is 396 g/mol. The molecular formula is C23H28N2O4. The van der Waals surface area contributed by atoms with E-state index in [1.54, 1.807) is 12.0 Å². The summed E-state index contributed by atoms with van der Waals surface area (Å²) in [6.45, 7) is 5.14. The molecule has 0 aliphatic carbocycles. The highest BCUT2D eigenvalue weighted by molar-refractivity contribution is 5.86. The number of hydrogen-bond donors (Lipinski definition) is 1. The third-order valence-electron chi connectivity index (χ3n) is 5.16. The molecule has 6 nitrogen and oxygen atoms in total. The van der Waals surface area contributed by atoms with Crippen molar-refractivity contribution in [3.8, 4) is 5.75 Å². The van der Waals surface area contributed by atoms with Gasteiger partial charge < -0.3 is 19.7 Å². The minimum atomic E-state index is -0.634. The van der Waals surface area contributed by atoms with Gasteiger partial charge in [-0.2, -0.15) is 0 Å². The van der Waals surface area contributed by atoms with Crippen LogP contribution in [0.5, 0.6) is 5.75 Å². The van der Waals surface area contributed by atoms with Crippen molar-refractivity contribution in [1.82, 2.24) is 10.2 Å². The highest BCUT2D eigenvalue weighted by Gasteiger charge is 2.31. The van der Waals surface area contributed by atoms with Gasteiger partial charge in [0.1, 0.15) is 18.4 Å². The van der Waals surface area contributed by atoms with Gasteiger partial charge in [0.2, 0.25) is 5.91 Å². The third-order valence-corrected chi connectivity index (χ3v) is 5.16. The van der Waals surface area contributed by atoms with E-state index in [1.807, 2.05) is 56.3 Å². The van der Waals surface area contributed by atoms with Gasteiger partial charge in [-0.3, -0.25) is 4.79 Å². The molecule has 2 aromatic carbocycles. The first-order valence-electron chi connectivity index (χ1n) is 9.89. The van der Waals surface area contributed by atoms with Gasteiger partial charge in [-0.05, 0) is 41.2 Å². The molecule has 1 N–H and O–H groups in total. The van der Waals surface area contributed by atoms with Crippen molar-refractivity contribution in [1.29, 1.82) is 0 Å². The van der Waals surface area contributed by atoms with E-state index in [-0.39, 0.29) is 18.4 Å². The Morgan fingerprint density at radius 3 is 2.55 bits per heavy atom. The number of ether oxygens (including phenoxy) is 2. The average Bonchev–Trinajstić information content (AvgIpc) is 2.75. The number of methoxy groups -OCH3 is 1. The molecule has 29 heavy (non-hydrogen) atoms. The van der Waals surface area contributed by atoms with Crippen LogP contribution in [0.2, 0.25) is 0 Å². The second-order valence-corrected chi connectivity index (χ2v) is 7.57. The minimum Gasteiger partial charge on any atom is -0.497 e. The van der Waals surface area contributed by atoms with Gasteiger partial charge in [-0.25, -0.2) is 4.79 Å². The van der Waals surface area contributed by atoms with E-state index in [9.17, 15) is 9.59 Å². The van der Waals surface area contributed by atoms with Crippen LogP contribution >= 0.6 is 0 Å². The standard InChI is InChI=1S/C23H28N2O4/c1-16(2)21(24-23(27)29-15-17-7-5-4-6-8-17)22(26)25-12-11-18-9-10-20(28-3)13-19(18)14-25/h4-10,13,16,21H,11-12,14-15H2,1-3H3,(H,24,27)/t21-/m0/s1. The Kier molecular flexibility index (Phi) is 6.75. The highest BCUT2D eigenvalue weighted by atomic mass is 16.5. The quantitative estimate of drug-likeness (QED) is 0.811. The second kappa shape index (κ2) is 9.45. The number of hydrogen-bond acceptors (Lipinski definition) is 4. The first-order chi connectivity index (χ1) is 14.0. The maximum Gasteiger partial charge on any atom is 0.408 e. The number of amides is 2. The van der Waals surface area contributed by atoms with Crippen molar-refractivity contribution in [2.75, 3.05) is 13.7 Å². The van der Waals surface area contributed by atoms with Crippen molar-refractivity contribution in [3.63, 3.8) is 0 Å². The summed E-state index contributed by atoms with van der Waals surface area (Å²) in [5.41, 5.74) is 3.21. The summed E-state index contributed by atoms with van der Waals surface area (Å²) in [4.78, 5) is 27.2. The van der Waals surface area contributed by atoms with E-state index in [0.29, 0.717) is 13.1 Å². The van der Waals surface area contributed by atoms with E-state index < -0.39 is 12.1 Å². The molecule has 154 valence electrons. The Labute approximate surface area is 171 Å². The molecule has 0 radical (unpaired) electrons. The molecule has 2 amide bonds. The lowest BCUT2D eigenvalue weighted by molar-refractivity contribution is -0.135. The topological polar surface area (TPSA) is 67.9 Å². The molecule has 0 spiro atoms. The Bertz CT molecular complexity index is 851. The van der Waals surface area contributed by atoms with Gasteiger partial charge in [-0.1, -0.05) is 50.2 Å². The Morgan fingerprint density at radius 2 is 1.86 bits per heavy atom. The first-order valence-corrected chi connectivity index (χ1v) is 9.89. The summed E-state index contributed by atoms with van der Waals surface area (Å²) in [6.07, 6.45) is 0.203. The molecule has 1 heterocycles. The van der Waals surface area contributed by atoms with E-state index in [0.717, 1.165) is 23.3 Å².